The molecule has 0 spiro atoms. The zero-order valence-corrected chi connectivity index (χ0v) is 9.46. The Balaban J connectivity index is 2.99. The second-order valence-electron chi connectivity index (χ2n) is 2.63. The quantitative estimate of drug-likeness (QED) is 0.599. The molecule has 0 atom stereocenters. The van der Waals surface area contributed by atoms with Gasteiger partial charge in [-0.05, 0) is 5.56 Å². The summed E-state index contributed by atoms with van der Waals surface area (Å²) in [6.07, 6.45) is 0. The molecule has 0 fully saturated rings. The van der Waals surface area contributed by atoms with Gasteiger partial charge in [-0.3, -0.25) is 4.79 Å². The van der Waals surface area contributed by atoms with E-state index in [2.05, 4.69) is 15.9 Å². The van der Waals surface area contributed by atoms with Gasteiger partial charge in [-0.15, -0.1) is 0 Å². The molecule has 0 aliphatic heterocycles. The lowest BCUT2D eigenvalue weighted by Crippen LogP contribution is -2.21. The van der Waals surface area contributed by atoms with Crippen LogP contribution in [0.5, 0.6) is 0 Å². The Morgan fingerprint density at radius 1 is 1.29 bits per heavy atom. The summed E-state index contributed by atoms with van der Waals surface area (Å²) >= 11 is 3.20. The maximum Gasteiger partial charge on any atom is 0.192 e. The summed E-state index contributed by atoms with van der Waals surface area (Å²) in [6.45, 7) is 0. The van der Waals surface area contributed by atoms with Gasteiger partial charge in [-0.2, -0.15) is 0 Å². The maximum atomic E-state index is 11.0. The van der Waals surface area contributed by atoms with E-state index in [1.165, 1.54) is 12.1 Å². The summed E-state index contributed by atoms with van der Waals surface area (Å²) in [5, 5.41) is 0.605. The van der Waals surface area contributed by atoms with Gasteiger partial charge in [0.25, 0.3) is 0 Å². The van der Waals surface area contributed by atoms with Crippen molar-refractivity contribution in [1.29, 1.82) is 0 Å². The fraction of sp³-hybridized carbons (Fsp3) is 0.125. The highest BCUT2D eigenvalue weighted by Crippen LogP contribution is 2.29. The van der Waals surface area contributed by atoms with Gasteiger partial charge in [0.2, 0.25) is 0 Å². The molecule has 0 aliphatic rings. The summed E-state index contributed by atoms with van der Waals surface area (Å²) in [4.78, 5) is 31.8. The molecular formula is C8H6BrO4P-2. The minimum atomic E-state index is -5.15. The van der Waals surface area contributed by atoms with Crippen LogP contribution in [0.2, 0.25) is 0 Å². The number of carbonyl (C=O) groups excluding carboxylic acids is 1. The molecule has 1 aromatic carbocycles. The van der Waals surface area contributed by atoms with Gasteiger partial charge in [0.15, 0.2) is 5.52 Å². The molecule has 0 aromatic heterocycles. The van der Waals surface area contributed by atoms with Crippen LogP contribution in [0.3, 0.4) is 0 Å². The third kappa shape index (κ3) is 2.75. The van der Waals surface area contributed by atoms with E-state index in [0.717, 1.165) is 5.56 Å². The normalized spacial score (nSPS) is 11.4. The van der Waals surface area contributed by atoms with Crippen LogP contribution in [0.1, 0.15) is 15.9 Å². The molecule has 0 saturated heterocycles. The molecule has 6 heteroatoms. The number of hydrogen-bond acceptors (Lipinski definition) is 4. The van der Waals surface area contributed by atoms with Crippen molar-refractivity contribution < 1.29 is 19.1 Å². The molecule has 76 valence electrons. The van der Waals surface area contributed by atoms with Crippen LogP contribution in [0, 0.1) is 0 Å². The number of alkyl halides is 1. The third-order valence-corrected chi connectivity index (χ3v) is 3.01. The molecular weight excluding hydrogens is 271 g/mol. The molecule has 0 saturated carbocycles. The van der Waals surface area contributed by atoms with Crippen LogP contribution >= 0.6 is 23.5 Å². The highest BCUT2D eigenvalue weighted by atomic mass is 79.9. The van der Waals surface area contributed by atoms with Crippen molar-refractivity contribution in [3.63, 3.8) is 0 Å². The zero-order chi connectivity index (χ0) is 10.8. The zero-order valence-electron chi connectivity index (χ0n) is 6.97. The maximum absolute atomic E-state index is 11.0. The van der Waals surface area contributed by atoms with Crippen molar-refractivity contribution in [2.45, 2.75) is 5.33 Å². The molecule has 4 nitrogen and oxygen atoms in total. The minimum absolute atomic E-state index is 0.0944. The summed E-state index contributed by atoms with van der Waals surface area (Å²) < 4.78 is 10.4. The number of hydrogen-bond donors (Lipinski definition) is 0. The number of carbonyl (C=O) groups is 1. The van der Waals surface area contributed by atoms with Gasteiger partial charge >= 0.3 is 0 Å². The van der Waals surface area contributed by atoms with Crippen LogP contribution in [-0.4, -0.2) is 5.52 Å². The number of halogens is 1. The van der Waals surface area contributed by atoms with Crippen LogP contribution in [0.4, 0.5) is 0 Å². The first kappa shape index (κ1) is 11.6. The van der Waals surface area contributed by atoms with E-state index in [9.17, 15) is 19.1 Å². The Hall–Kier alpha value is -0.480. The smallest absolute Gasteiger partial charge is 0.192 e. The predicted molar refractivity (Wildman–Crippen MR) is 51.0 cm³/mol. The second kappa shape index (κ2) is 4.36. The lowest BCUT2D eigenvalue weighted by Gasteiger charge is -2.27. The third-order valence-electron chi connectivity index (χ3n) is 1.60. The number of rotatable bonds is 3. The van der Waals surface area contributed by atoms with Crippen molar-refractivity contribution in [1.82, 2.24) is 0 Å². The summed E-state index contributed by atoms with van der Waals surface area (Å²) in [7, 11) is -5.15. The van der Waals surface area contributed by atoms with E-state index >= 15 is 0 Å². The van der Waals surface area contributed by atoms with Crippen LogP contribution < -0.4 is 9.79 Å². The molecule has 0 N–H and O–H groups in total. The molecule has 0 unspecified atom stereocenters. The first-order valence-electron chi connectivity index (χ1n) is 3.67. The molecule has 1 aromatic rings. The van der Waals surface area contributed by atoms with Crippen molar-refractivity contribution in [3.8, 4) is 0 Å². The fourth-order valence-electron chi connectivity index (χ4n) is 0.895. The molecule has 0 heterocycles. The van der Waals surface area contributed by atoms with E-state index in [1.54, 1.807) is 12.1 Å². The van der Waals surface area contributed by atoms with Gasteiger partial charge in [0, 0.05) is 18.5 Å². The summed E-state index contributed by atoms with van der Waals surface area (Å²) in [5.41, 5.74) is -0.560. The Labute approximate surface area is 89.2 Å². The molecule has 1 rings (SSSR count). The predicted octanol–water partition coefficient (Wildman–Crippen LogP) is 0.635. The fourth-order valence-corrected chi connectivity index (χ4v) is 1.73. The van der Waals surface area contributed by atoms with Crippen molar-refractivity contribution in [2.24, 2.45) is 0 Å². The Kier molecular flexibility index (Phi) is 3.61. The molecule has 14 heavy (non-hydrogen) atoms. The average molecular weight is 277 g/mol. The van der Waals surface area contributed by atoms with E-state index in [4.69, 9.17) is 0 Å². The lowest BCUT2D eigenvalue weighted by atomic mass is 10.2. The van der Waals surface area contributed by atoms with Crippen LogP contribution in [0.25, 0.3) is 0 Å². The van der Waals surface area contributed by atoms with Crippen LogP contribution in [0.15, 0.2) is 24.3 Å². The first-order valence-corrected chi connectivity index (χ1v) is 6.33. The van der Waals surface area contributed by atoms with Gasteiger partial charge in [-0.25, -0.2) is 0 Å². The SMILES string of the molecule is O=C(c1ccc(CBr)cc1)P(=O)([O-])[O-]. The summed E-state index contributed by atoms with van der Waals surface area (Å²) in [5.74, 6) is 0. The van der Waals surface area contributed by atoms with E-state index in [1.807, 2.05) is 0 Å². The van der Waals surface area contributed by atoms with Gasteiger partial charge in [-0.1, -0.05) is 40.2 Å². The molecule has 0 radical (unpaired) electrons. The first-order chi connectivity index (χ1) is 6.45. The minimum Gasteiger partial charge on any atom is -0.805 e. The van der Waals surface area contributed by atoms with E-state index < -0.39 is 13.1 Å². The Bertz CT molecular complexity index is 381. The average Bonchev–Trinajstić information content (AvgIpc) is 2.15. The lowest BCUT2D eigenvalue weighted by molar-refractivity contribution is -0.307. The monoisotopic (exact) mass is 276 g/mol. The van der Waals surface area contributed by atoms with Gasteiger partial charge in [0.1, 0.15) is 0 Å². The second-order valence-corrected chi connectivity index (χ2v) is 4.60. The van der Waals surface area contributed by atoms with Crippen molar-refractivity contribution in [3.05, 3.63) is 35.4 Å². The van der Waals surface area contributed by atoms with Gasteiger partial charge in [0.05, 0.1) is 0 Å². The molecule has 0 aliphatic carbocycles. The largest absolute Gasteiger partial charge is 0.805 e. The molecule has 0 bridgehead atoms. The Morgan fingerprint density at radius 3 is 2.14 bits per heavy atom. The van der Waals surface area contributed by atoms with E-state index in [0.29, 0.717) is 5.33 Å². The van der Waals surface area contributed by atoms with Crippen molar-refractivity contribution in [2.75, 3.05) is 0 Å². The molecule has 0 amide bonds. The summed E-state index contributed by atoms with van der Waals surface area (Å²) in [6, 6.07) is 5.80. The van der Waals surface area contributed by atoms with Crippen LogP contribution in [-0.2, 0) is 9.90 Å². The Morgan fingerprint density at radius 2 is 1.79 bits per heavy atom. The standard InChI is InChI=1S/C8H8BrO4P/c9-5-6-1-3-7(4-2-6)8(10)14(11,12)13/h1-4H,5H2,(H2,11,12,13)/p-2. The van der Waals surface area contributed by atoms with Gasteiger partial charge < -0.3 is 14.4 Å². The van der Waals surface area contributed by atoms with E-state index in [-0.39, 0.29) is 5.56 Å². The highest BCUT2D eigenvalue weighted by molar-refractivity contribution is 9.08. The van der Waals surface area contributed by atoms with Crippen molar-refractivity contribution >= 4 is 29.1 Å². The number of benzene rings is 1. The highest BCUT2D eigenvalue weighted by Gasteiger charge is 2.08. The topological polar surface area (TPSA) is 80.3 Å².